The second-order valence-corrected chi connectivity index (χ2v) is 12.9. The Kier molecular flexibility index (Phi) is 10.8. The van der Waals surface area contributed by atoms with Crippen LogP contribution in [0.15, 0.2) is 66.3 Å². The van der Waals surface area contributed by atoms with Crippen molar-refractivity contribution in [1.82, 2.24) is 25.4 Å². The predicted molar refractivity (Wildman–Crippen MR) is 176 cm³/mol. The molecule has 0 fully saturated rings. The lowest BCUT2D eigenvalue weighted by Crippen LogP contribution is -2.26. The summed E-state index contributed by atoms with van der Waals surface area (Å²) < 4.78 is 1.78. The van der Waals surface area contributed by atoms with E-state index in [4.69, 9.17) is 23.2 Å². The van der Waals surface area contributed by atoms with E-state index in [0.29, 0.717) is 45.2 Å². The fourth-order valence-corrected chi connectivity index (χ4v) is 7.19. The molecule has 1 aliphatic carbocycles. The van der Waals surface area contributed by atoms with Gasteiger partial charge in [0.05, 0.1) is 27.9 Å². The monoisotopic (exact) mass is 668 g/mol. The lowest BCUT2D eigenvalue weighted by Gasteiger charge is -2.13. The van der Waals surface area contributed by atoms with Gasteiger partial charge in [0.15, 0.2) is 11.0 Å². The molecule has 0 bridgehead atoms. The number of rotatable bonds is 12. The van der Waals surface area contributed by atoms with Crippen molar-refractivity contribution < 1.29 is 14.4 Å². The summed E-state index contributed by atoms with van der Waals surface area (Å²) in [4.78, 5) is 40.3. The van der Waals surface area contributed by atoms with E-state index in [0.717, 1.165) is 41.7 Å². The van der Waals surface area contributed by atoms with Crippen LogP contribution in [-0.2, 0) is 37.3 Å². The molecule has 0 atom stereocenters. The molecule has 13 heteroatoms. The maximum atomic E-state index is 13.3. The summed E-state index contributed by atoms with van der Waals surface area (Å²) >= 11 is 14.7. The zero-order chi connectivity index (χ0) is 31.1. The molecular formula is C31H30Cl2N6O3S2. The van der Waals surface area contributed by atoms with Gasteiger partial charge in [0.2, 0.25) is 5.91 Å². The number of allylic oxidation sites excluding steroid dienone is 1. The molecule has 44 heavy (non-hydrogen) atoms. The maximum Gasteiger partial charge on any atom is 0.254 e. The number of thioether (sulfide) groups is 1. The molecule has 3 amide bonds. The van der Waals surface area contributed by atoms with Gasteiger partial charge in [-0.15, -0.1) is 28.1 Å². The number of nitrogens with zero attached hydrogens (tertiary/aromatic N) is 3. The van der Waals surface area contributed by atoms with Crippen LogP contribution in [0.3, 0.4) is 0 Å². The maximum absolute atomic E-state index is 13.3. The zero-order valence-electron chi connectivity index (χ0n) is 23.7. The fraction of sp³-hybridized carbons (Fsp3) is 0.258. The summed E-state index contributed by atoms with van der Waals surface area (Å²) in [6, 6.07) is 14.4. The highest BCUT2D eigenvalue weighted by Crippen LogP contribution is 2.38. The first-order valence-corrected chi connectivity index (χ1v) is 16.6. The molecule has 1 aliphatic rings. The van der Waals surface area contributed by atoms with Crippen LogP contribution in [0.5, 0.6) is 0 Å². The van der Waals surface area contributed by atoms with E-state index in [1.165, 1.54) is 29.2 Å². The van der Waals surface area contributed by atoms with Crippen LogP contribution in [0, 0.1) is 0 Å². The third kappa shape index (κ3) is 7.71. The number of amides is 3. The number of carbonyl (C=O) groups is 3. The first kappa shape index (κ1) is 31.8. The number of thiophene rings is 1. The molecule has 2 heterocycles. The van der Waals surface area contributed by atoms with Gasteiger partial charge < -0.3 is 20.5 Å². The number of halogens is 2. The zero-order valence-corrected chi connectivity index (χ0v) is 26.8. The van der Waals surface area contributed by atoms with Crippen molar-refractivity contribution in [3.8, 4) is 0 Å². The molecule has 0 radical (unpaired) electrons. The standard InChI is InChI=1S/C31H30Cl2N6O3S2/c1-2-14-39-25(17-35-28(41)20-12-13-22(32)23(33)15-20)37-38-31(39)43-18-26(40)36-30-27(21-10-6-7-11-24(21)44-30)29(42)34-16-19-8-4-3-5-9-19/h2-5,8-9,12-13,15H,1,6-7,10-11,14,16-18H2,(H,34,42)(H,35,41)(H,36,40). The lowest BCUT2D eigenvalue weighted by molar-refractivity contribution is -0.113. The Hall–Kier alpha value is -3.64. The molecule has 2 aromatic carbocycles. The molecule has 3 N–H and O–H groups in total. The molecule has 0 unspecified atom stereocenters. The molecule has 2 aromatic heterocycles. The summed E-state index contributed by atoms with van der Waals surface area (Å²) in [6.07, 6.45) is 5.49. The quantitative estimate of drug-likeness (QED) is 0.120. The van der Waals surface area contributed by atoms with Gasteiger partial charge in [-0.2, -0.15) is 0 Å². The summed E-state index contributed by atoms with van der Waals surface area (Å²) in [6.45, 7) is 4.70. The van der Waals surface area contributed by atoms with Crippen molar-refractivity contribution in [2.45, 2.75) is 50.5 Å². The minimum absolute atomic E-state index is 0.0541. The second kappa shape index (κ2) is 14.9. The number of fused-ring (bicyclic) bond motifs is 1. The van der Waals surface area contributed by atoms with Crippen LogP contribution in [-0.4, -0.2) is 38.2 Å². The highest BCUT2D eigenvalue weighted by molar-refractivity contribution is 7.99. The number of benzene rings is 2. The van der Waals surface area contributed by atoms with Gasteiger partial charge >= 0.3 is 0 Å². The van der Waals surface area contributed by atoms with E-state index < -0.39 is 0 Å². The summed E-state index contributed by atoms with van der Waals surface area (Å²) in [5.74, 6) is -0.224. The summed E-state index contributed by atoms with van der Waals surface area (Å²) in [5, 5.41) is 19.0. The average molecular weight is 670 g/mol. The third-order valence-electron chi connectivity index (χ3n) is 6.97. The first-order chi connectivity index (χ1) is 21.3. The van der Waals surface area contributed by atoms with E-state index in [-0.39, 0.29) is 35.0 Å². The molecule has 9 nitrogen and oxygen atoms in total. The van der Waals surface area contributed by atoms with Crippen molar-refractivity contribution in [2.24, 2.45) is 0 Å². The molecular weight excluding hydrogens is 639 g/mol. The molecule has 228 valence electrons. The topological polar surface area (TPSA) is 118 Å². The molecule has 0 aliphatic heterocycles. The van der Waals surface area contributed by atoms with Gasteiger partial charge in [0.25, 0.3) is 11.8 Å². The Morgan fingerprint density at radius 2 is 1.75 bits per heavy atom. The molecule has 4 aromatic rings. The van der Waals surface area contributed by atoms with Crippen LogP contribution >= 0.6 is 46.3 Å². The van der Waals surface area contributed by atoms with Crippen LogP contribution in [0.2, 0.25) is 10.0 Å². The molecule has 0 saturated heterocycles. The Morgan fingerprint density at radius 3 is 2.52 bits per heavy atom. The third-order valence-corrected chi connectivity index (χ3v) is 9.89. The highest BCUT2D eigenvalue weighted by atomic mass is 35.5. The van der Waals surface area contributed by atoms with Gasteiger partial charge in [0.1, 0.15) is 5.00 Å². The Bertz CT molecular complexity index is 1690. The predicted octanol–water partition coefficient (Wildman–Crippen LogP) is 6.30. The van der Waals surface area contributed by atoms with Crippen molar-refractivity contribution in [3.05, 3.63) is 104 Å². The fourth-order valence-electron chi connectivity index (χ4n) is 4.82. The number of hydrogen-bond acceptors (Lipinski definition) is 7. The van der Waals surface area contributed by atoms with E-state index >= 15 is 0 Å². The average Bonchev–Trinajstić information content (AvgIpc) is 3.59. The lowest BCUT2D eigenvalue weighted by atomic mass is 9.95. The first-order valence-electron chi connectivity index (χ1n) is 14.0. The largest absolute Gasteiger partial charge is 0.348 e. The van der Waals surface area contributed by atoms with E-state index in [2.05, 4.69) is 32.7 Å². The van der Waals surface area contributed by atoms with Crippen LogP contribution in [0.1, 0.15) is 55.4 Å². The van der Waals surface area contributed by atoms with Gasteiger partial charge in [-0.25, -0.2) is 0 Å². The normalized spacial score (nSPS) is 12.3. The number of aromatic nitrogens is 3. The Morgan fingerprint density at radius 1 is 0.977 bits per heavy atom. The number of carbonyl (C=O) groups excluding carboxylic acids is 3. The number of aryl methyl sites for hydroxylation is 1. The summed E-state index contributed by atoms with van der Waals surface area (Å²) in [5.41, 5.74) is 2.97. The second-order valence-electron chi connectivity index (χ2n) is 10.0. The molecule has 0 saturated carbocycles. The smallest absolute Gasteiger partial charge is 0.254 e. The van der Waals surface area contributed by atoms with Crippen molar-refractivity contribution in [3.63, 3.8) is 0 Å². The minimum Gasteiger partial charge on any atom is -0.348 e. The molecule has 5 rings (SSSR count). The minimum atomic E-state index is -0.340. The Balaban J connectivity index is 1.23. The highest BCUT2D eigenvalue weighted by Gasteiger charge is 2.26. The number of hydrogen-bond donors (Lipinski definition) is 3. The van der Waals surface area contributed by atoms with Crippen LogP contribution < -0.4 is 16.0 Å². The van der Waals surface area contributed by atoms with Crippen molar-refractivity contribution >= 4 is 69.0 Å². The van der Waals surface area contributed by atoms with Gasteiger partial charge in [-0.1, -0.05) is 71.4 Å². The number of anilines is 1. The van der Waals surface area contributed by atoms with Crippen molar-refractivity contribution in [2.75, 3.05) is 11.1 Å². The SMILES string of the molecule is C=CCn1c(CNC(=O)c2ccc(Cl)c(Cl)c2)nnc1SCC(=O)Nc1sc2c(c1C(=O)NCc1ccccc1)CCCC2. The molecule has 0 spiro atoms. The van der Waals surface area contributed by atoms with Gasteiger partial charge in [-0.3, -0.25) is 14.4 Å². The van der Waals surface area contributed by atoms with E-state index in [9.17, 15) is 14.4 Å². The summed E-state index contributed by atoms with van der Waals surface area (Å²) in [7, 11) is 0. The van der Waals surface area contributed by atoms with Gasteiger partial charge in [0, 0.05) is 23.5 Å². The van der Waals surface area contributed by atoms with E-state index in [1.54, 1.807) is 22.8 Å². The Labute approximate surface area is 273 Å². The number of nitrogens with one attached hydrogen (secondary N) is 3. The van der Waals surface area contributed by atoms with Crippen LogP contribution in [0.25, 0.3) is 0 Å². The van der Waals surface area contributed by atoms with Crippen LogP contribution in [0.4, 0.5) is 5.00 Å². The van der Waals surface area contributed by atoms with Gasteiger partial charge in [-0.05, 0) is 55.0 Å². The van der Waals surface area contributed by atoms with Crippen molar-refractivity contribution in [1.29, 1.82) is 0 Å². The van der Waals surface area contributed by atoms with E-state index in [1.807, 2.05) is 30.3 Å².